The van der Waals surface area contributed by atoms with Crippen molar-refractivity contribution >= 4 is 23.3 Å². The van der Waals surface area contributed by atoms with Crippen LogP contribution < -0.4 is 14.5 Å². The summed E-state index contributed by atoms with van der Waals surface area (Å²) in [6, 6.07) is 16.4. The first-order valence-corrected chi connectivity index (χ1v) is 9.59. The van der Waals surface area contributed by atoms with Gasteiger partial charge in [-0.15, -0.1) is 0 Å². The lowest BCUT2D eigenvalue weighted by Crippen LogP contribution is -2.42. The van der Waals surface area contributed by atoms with Crippen molar-refractivity contribution < 1.29 is 18.7 Å². The van der Waals surface area contributed by atoms with E-state index in [9.17, 15) is 14.0 Å². The van der Waals surface area contributed by atoms with E-state index in [0.717, 1.165) is 11.1 Å². The Balaban J connectivity index is 1.64. The number of rotatable bonds is 2. The van der Waals surface area contributed by atoms with E-state index in [-0.39, 0.29) is 17.6 Å². The number of aromatic nitrogens is 1. The summed E-state index contributed by atoms with van der Waals surface area (Å²) in [5.41, 5.74) is 2.73. The molecule has 0 bridgehead atoms. The number of hydrogen-bond donors (Lipinski definition) is 0. The van der Waals surface area contributed by atoms with E-state index in [4.69, 9.17) is 4.74 Å². The molecule has 0 radical (unpaired) electrons. The first kappa shape index (κ1) is 18.3. The van der Waals surface area contributed by atoms with E-state index in [1.165, 1.54) is 17.0 Å². The normalized spacial score (nSPS) is 20.1. The van der Waals surface area contributed by atoms with Crippen molar-refractivity contribution in [3.8, 4) is 5.88 Å². The smallest absolute Gasteiger partial charge is 0.267 e. The second kappa shape index (κ2) is 6.66. The fourth-order valence-corrected chi connectivity index (χ4v) is 4.04. The van der Waals surface area contributed by atoms with Crippen LogP contribution in [0.25, 0.3) is 0 Å². The van der Waals surface area contributed by atoms with E-state index in [1.54, 1.807) is 49.2 Å². The van der Waals surface area contributed by atoms with Gasteiger partial charge in [-0.2, -0.15) is 4.98 Å². The van der Waals surface area contributed by atoms with Gasteiger partial charge >= 0.3 is 0 Å². The van der Waals surface area contributed by atoms with Crippen molar-refractivity contribution in [1.82, 2.24) is 4.98 Å². The van der Waals surface area contributed by atoms with Gasteiger partial charge in [-0.1, -0.05) is 30.3 Å². The Hall–Kier alpha value is -3.74. The summed E-state index contributed by atoms with van der Waals surface area (Å²) in [6.45, 7) is 1.66. The standard InChI is InChI=1S/C23H18FN3O3/c1-13-22(28)26(2)18-11-12-19(25-21(18)30-13)27-20(14-7-9-15(24)10-8-14)16-5-3-4-6-17(16)23(27)29/h3-13,20H,1-2H3. The number of ether oxygens (including phenoxy) is 1. The minimum Gasteiger partial charge on any atom is -0.463 e. The first-order valence-electron chi connectivity index (χ1n) is 9.59. The minimum atomic E-state index is -0.662. The molecule has 7 heteroatoms. The lowest BCUT2D eigenvalue weighted by Gasteiger charge is -2.31. The molecule has 0 saturated carbocycles. The fourth-order valence-electron chi connectivity index (χ4n) is 4.04. The first-order chi connectivity index (χ1) is 14.5. The van der Waals surface area contributed by atoms with Crippen LogP contribution in [0, 0.1) is 5.82 Å². The van der Waals surface area contributed by atoms with Gasteiger partial charge in [0.1, 0.15) is 17.3 Å². The molecule has 1 aromatic heterocycles. The molecule has 30 heavy (non-hydrogen) atoms. The maximum Gasteiger partial charge on any atom is 0.267 e. The van der Waals surface area contributed by atoms with Crippen LogP contribution in [-0.2, 0) is 4.79 Å². The predicted octanol–water partition coefficient (Wildman–Crippen LogP) is 3.71. The topological polar surface area (TPSA) is 62.7 Å². The van der Waals surface area contributed by atoms with E-state index < -0.39 is 12.1 Å². The highest BCUT2D eigenvalue weighted by molar-refractivity contribution is 6.11. The molecule has 0 spiro atoms. The number of pyridine rings is 1. The van der Waals surface area contributed by atoms with Gasteiger partial charge in [-0.3, -0.25) is 14.5 Å². The van der Waals surface area contributed by atoms with E-state index in [2.05, 4.69) is 4.98 Å². The summed E-state index contributed by atoms with van der Waals surface area (Å²) in [5.74, 6) is -0.000556. The van der Waals surface area contributed by atoms with Gasteiger partial charge in [0.25, 0.3) is 11.8 Å². The average molecular weight is 403 g/mol. The fraction of sp³-hybridized carbons (Fsp3) is 0.174. The number of benzene rings is 2. The molecule has 150 valence electrons. The zero-order valence-electron chi connectivity index (χ0n) is 16.4. The molecule has 3 heterocycles. The Labute approximate surface area is 172 Å². The summed E-state index contributed by atoms with van der Waals surface area (Å²) < 4.78 is 19.2. The molecular weight excluding hydrogens is 385 g/mol. The summed E-state index contributed by atoms with van der Waals surface area (Å²) >= 11 is 0. The molecule has 0 fully saturated rings. The number of anilines is 2. The summed E-state index contributed by atoms with van der Waals surface area (Å²) in [7, 11) is 1.67. The molecular formula is C23H18FN3O3. The summed E-state index contributed by atoms with van der Waals surface area (Å²) in [4.78, 5) is 33.1. The van der Waals surface area contributed by atoms with Gasteiger partial charge in [0.2, 0.25) is 5.88 Å². The molecule has 0 N–H and O–H groups in total. The van der Waals surface area contributed by atoms with Crippen LogP contribution in [0.3, 0.4) is 0 Å². The molecule has 2 unspecified atom stereocenters. The molecule has 5 rings (SSSR count). The number of nitrogens with zero attached hydrogens (tertiary/aromatic N) is 3. The number of carbonyl (C=O) groups excluding carboxylic acids is 2. The molecule has 2 amide bonds. The van der Waals surface area contributed by atoms with Gasteiger partial charge in [0, 0.05) is 12.6 Å². The minimum absolute atomic E-state index is 0.161. The Morgan fingerprint density at radius 3 is 2.50 bits per heavy atom. The van der Waals surface area contributed by atoms with Gasteiger partial charge in [0.05, 0.1) is 6.04 Å². The van der Waals surface area contributed by atoms with Crippen LogP contribution in [-0.4, -0.2) is 29.9 Å². The number of hydrogen-bond acceptors (Lipinski definition) is 4. The Bertz CT molecular complexity index is 1180. The lowest BCUT2D eigenvalue weighted by atomic mass is 9.98. The Morgan fingerprint density at radius 1 is 1.00 bits per heavy atom. The molecule has 0 saturated heterocycles. The largest absolute Gasteiger partial charge is 0.463 e. The molecule has 2 atom stereocenters. The number of likely N-dealkylation sites (N-methyl/N-ethyl adjacent to an activating group) is 1. The number of carbonyl (C=O) groups is 2. The second-order valence-corrected chi connectivity index (χ2v) is 7.37. The van der Waals surface area contributed by atoms with E-state index in [1.807, 2.05) is 18.2 Å². The van der Waals surface area contributed by atoms with Crippen LogP contribution in [0.15, 0.2) is 60.7 Å². The predicted molar refractivity (Wildman–Crippen MR) is 109 cm³/mol. The SMILES string of the molecule is CC1Oc2nc(N3C(=O)c4ccccc4C3c3ccc(F)cc3)ccc2N(C)C1=O. The van der Waals surface area contributed by atoms with Crippen molar-refractivity contribution in [2.45, 2.75) is 19.1 Å². The summed E-state index contributed by atoms with van der Waals surface area (Å²) in [5, 5.41) is 0. The van der Waals surface area contributed by atoms with Crippen LogP contribution in [0.5, 0.6) is 5.88 Å². The third-order valence-corrected chi connectivity index (χ3v) is 5.55. The maximum atomic E-state index is 13.5. The third kappa shape index (κ3) is 2.66. The van der Waals surface area contributed by atoms with E-state index >= 15 is 0 Å². The van der Waals surface area contributed by atoms with Gasteiger partial charge in [-0.25, -0.2) is 4.39 Å². The van der Waals surface area contributed by atoms with Crippen LogP contribution in [0.1, 0.15) is 34.5 Å². The van der Waals surface area contributed by atoms with Crippen molar-refractivity contribution in [3.05, 3.63) is 83.2 Å². The Morgan fingerprint density at radius 2 is 1.73 bits per heavy atom. The van der Waals surface area contributed by atoms with Crippen molar-refractivity contribution in [2.75, 3.05) is 16.8 Å². The van der Waals surface area contributed by atoms with Crippen molar-refractivity contribution in [2.24, 2.45) is 0 Å². The zero-order chi connectivity index (χ0) is 21.0. The Kier molecular flexibility index (Phi) is 4.06. The maximum absolute atomic E-state index is 13.5. The van der Waals surface area contributed by atoms with Gasteiger partial charge < -0.3 is 9.64 Å². The molecule has 2 aromatic carbocycles. The molecule has 0 aliphatic carbocycles. The van der Waals surface area contributed by atoms with Crippen LogP contribution >= 0.6 is 0 Å². The molecule has 2 aliphatic heterocycles. The number of amides is 2. The van der Waals surface area contributed by atoms with Crippen molar-refractivity contribution in [1.29, 1.82) is 0 Å². The summed E-state index contributed by atoms with van der Waals surface area (Å²) in [6.07, 6.45) is -0.662. The molecule has 6 nitrogen and oxygen atoms in total. The van der Waals surface area contributed by atoms with Gasteiger partial charge in [0.15, 0.2) is 6.10 Å². The van der Waals surface area contributed by atoms with Crippen LogP contribution in [0.4, 0.5) is 15.9 Å². The highest BCUT2D eigenvalue weighted by Crippen LogP contribution is 2.42. The lowest BCUT2D eigenvalue weighted by molar-refractivity contribution is -0.125. The second-order valence-electron chi connectivity index (χ2n) is 7.37. The molecule has 2 aliphatic rings. The van der Waals surface area contributed by atoms with Crippen LogP contribution in [0.2, 0.25) is 0 Å². The third-order valence-electron chi connectivity index (χ3n) is 5.55. The van der Waals surface area contributed by atoms with Gasteiger partial charge in [-0.05, 0) is 48.4 Å². The highest BCUT2D eigenvalue weighted by Gasteiger charge is 2.40. The highest BCUT2D eigenvalue weighted by atomic mass is 19.1. The average Bonchev–Trinajstić information content (AvgIpc) is 3.05. The van der Waals surface area contributed by atoms with Crippen molar-refractivity contribution in [3.63, 3.8) is 0 Å². The monoisotopic (exact) mass is 403 g/mol. The number of halogens is 1. The van der Waals surface area contributed by atoms with E-state index in [0.29, 0.717) is 22.9 Å². The molecule has 3 aromatic rings. The zero-order valence-corrected chi connectivity index (χ0v) is 16.4. The quantitative estimate of drug-likeness (QED) is 0.654. The number of fused-ring (bicyclic) bond motifs is 2.